The molecule has 0 radical (unpaired) electrons. The highest BCUT2D eigenvalue weighted by Gasteiger charge is 2.32. The molecule has 3 unspecified atom stereocenters. The number of rotatable bonds is 5. The topological polar surface area (TPSA) is 61.8 Å². The molecule has 0 spiro atoms. The van der Waals surface area contributed by atoms with Crippen LogP contribution in [0.4, 0.5) is 9.18 Å². The van der Waals surface area contributed by atoms with Crippen LogP contribution in [0.3, 0.4) is 0 Å². The van der Waals surface area contributed by atoms with Gasteiger partial charge in [-0.15, -0.1) is 0 Å². The minimum Gasteiger partial charge on any atom is -0.393 e. The van der Waals surface area contributed by atoms with E-state index in [-0.39, 0.29) is 17.1 Å². The van der Waals surface area contributed by atoms with Crippen molar-refractivity contribution in [1.82, 2.24) is 10.2 Å². The number of benzene rings is 1. The van der Waals surface area contributed by atoms with Gasteiger partial charge in [0.2, 0.25) is 0 Å². The molecule has 1 aliphatic rings. The van der Waals surface area contributed by atoms with E-state index >= 15 is 0 Å². The maximum atomic E-state index is 13.6. The highest BCUT2D eigenvalue weighted by molar-refractivity contribution is 6.30. The smallest absolute Gasteiger partial charge is 0.317 e. The van der Waals surface area contributed by atoms with Gasteiger partial charge in [0.05, 0.1) is 17.2 Å². The zero-order valence-electron chi connectivity index (χ0n) is 13.3. The van der Waals surface area contributed by atoms with Gasteiger partial charge in [-0.3, -0.25) is 0 Å². The second kappa shape index (κ2) is 7.95. The summed E-state index contributed by atoms with van der Waals surface area (Å²) in [6.07, 6.45) is 0.322. The molecular weight excluding hydrogens is 323 g/mol. The minimum atomic E-state index is -0.501. The van der Waals surface area contributed by atoms with Gasteiger partial charge in [-0.1, -0.05) is 17.7 Å². The third-order valence-corrected chi connectivity index (χ3v) is 4.21. The molecule has 1 saturated heterocycles. The van der Waals surface area contributed by atoms with Crippen LogP contribution in [0, 0.1) is 5.82 Å². The van der Waals surface area contributed by atoms with Gasteiger partial charge in [0.25, 0.3) is 0 Å². The summed E-state index contributed by atoms with van der Waals surface area (Å²) in [6.45, 7) is 2.64. The van der Waals surface area contributed by atoms with Crippen molar-refractivity contribution >= 4 is 17.6 Å². The lowest BCUT2D eigenvalue weighted by molar-refractivity contribution is 0.0978. The van der Waals surface area contributed by atoms with Crippen molar-refractivity contribution in [1.29, 1.82) is 0 Å². The highest BCUT2D eigenvalue weighted by atomic mass is 35.5. The largest absolute Gasteiger partial charge is 0.393 e. The molecule has 2 N–H and O–H groups in total. The van der Waals surface area contributed by atoms with E-state index in [0.717, 1.165) is 0 Å². The minimum absolute atomic E-state index is 0.0604. The SMILES string of the molecule is CC(O)CCN(C)C(=O)NC1CCOC1c1ccc(Cl)c(F)c1. The summed E-state index contributed by atoms with van der Waals surface area (Å²) in [5.41, 5.74) is 0.654. The Kier molecular flexibility index (Phi) is 6.21. The number of carbonyl (C=O) groups excluding carboxylic acids is 1. The lowest BCUT2D eigenvalue weighted by Crippen LogP contribution is -2.44. The molecule has 3 atom stereocenters. The summed E-state index contributed by atoms with van der Waals surface area (Å²) in [5, 5.41) is 12.3. The van der Waals surface area contributed by atoms with Crippen molar-refractivity contribution in [3.63, 3.8) is 0 Å². The first-order valence-corrected chi connectivity index (χ1v) is 8.02. The summed E-state index contributed by atoms with van der Waals surface area (Å²) in [6, 6.07) is 4.08. The maximum Gasteiger partial charge on any atom is 0.317 e. The zero-order valence-corrected chi connectivity index (χ0v) is 14.0. The first-order chi connectivity index (χ1) is 10.9. The lowest BCUT2D eigenvalue weighted by atomic mass is 10.0. The van der Waals surface area contributed by atoms with E-state index in [2.05, 4.69) is 5.32 Å². The first kappa shape index (κ1) is 18.0. The van der Waals surface area contributed by atoms with E-state index in [1.54, 1.807) is 20.0 Å². The number of aliphatic hydroxyl groups excluding tert-OH is 1. The Balaban J connectivity index is 1.98. The number of hydrogen-bond acceptors (Lipinski definition) is 3. The Morgan fingerprint density at radius 3 is 3.00 bits per heavy atom. The van der Waals surface area contributed by atoms with Crippen LogP contribution in [0.1, 0.15) is 31.4 Å². The molecule has 0 bridgehead atoms. The first-order valence-electron chi connectivity index (χ1n) is 7.64. The highest BCUT2D eigenvalue weighted by Crippen LogP contribution is 2.31. The Morgan fingerprint density at radius 2 is 2.35 bits per heavy atom. The molecule has 0 aliphatic carbocycles. The van der Waals surface area contributed by atoms with Crippen LogP contribution in [0.15, 0.2) is 18.2 Å². The van der Waals surface area contributed by atoms with Crippen molar-refractivity contribution < 1.29 is 19.0 Å². The summed E-state index contributed by atoms with van der Waals surface area (Å²) >= 11 is 5.70. The molecule has 0 saturated carbocycles. The summed E-state index contributed by atoms with van der Waals surface area (Å²) in [5.74, 6) is -0.501. The predicted octanol–water partition coefficient (Wildman–Crippen LogP) is 2.72. The number of nitrogens with zero attached hydrogens (tertiary/aromatic N) is 1. The van der Waals surface area contributed by atoms with Crippen LogP contribution in [0.5, 0.6) is 0 Å². The molecule has 1 aliphatic heterocycles. The standard InChI is InChI=1S/C16H22ClFN2O3/c1-10(21)5-7-20(2)16(22)19-14-6-8-23-15(14)11-3-4-12(17)13(18)9-11/h3-4,9-10,14-15,21H,5-8H2,1-2H3,(H,19,22). The van der Waals surface area contributed by atoms with E-state index in [4.69, 9.17) is 16.3 Å². The van der Waals surface area contributed by atoms with Crippen LogP contribution < -0.4 is 5.32 Å². The van der Waals surface area contributed by atoms with Gasteiger partial charge in [-0.25, -0.2) is 9.18 Å². The van der Waals surface area contributed by atoms with Crippen molar-refractivity contribution in [3.05, 3.63) is 34.6 Å². The van der Waals surface area contributed by atoms with Crippen LogP contribution in [0.2, 0.25) is 5.02 Å². The van der Waals surface area contributed by atoms with Crippen molar-refractivity contribution in [2.24, 2.45) is 0 Å². The van der Waals surface area contributed by atoms with Crippen LogP contribution in [-0.4, -0.2) is 48.4 Å². The van der Waals surface area contributed by atoms with E-state index in [0.29, 0.717) is 31.6 Å². The number of amides is 2. The molecule has 128 valence electrons. The number of halogens is 2. The van der Waals surface area contributed by atoms with E-state index < -0.39 is 18.0 Å². The Bertz CT molecular complexity index is 556. The van der Waals surface area contributed by atoms with Crippen LogP contribution in [0.25, 0.3) is 0 Å². The van der Waals surface area contributed by atoms with Gasteiger partial charge < -0.3 is 20.1 Å². The van der Waals surface area contributed by atoms with Crippen molar-refractivity contribution in [3.8, 4) is 0 Å². The van der Waals surface area contributed by atoms with E-state index in [9.17, 15) is 14.3 Å². The van der Waals surface area contributed by atoms with Crippen molar-refractivity contribution in [2.45, 2.75) is 38.0 Å². The summed E-state index contributed by atoms with van der Waals surface area (Å²) < 4.78 is 19.3. The molecule has 1 aromatic carbocycles. The molecule has 7 heteroatoms. The number of carbonyl (C=O) groups is 1. The molecule has 2 amide bonds. The van der Waals surface area contributed by atoms with Crippen LogP contribution in [-0.2, 0) is 4.74 Å². The number of aliphatic hydroxyl groups is 1. The van der Waals surface area contributed by atoms with Crippen LogP contribution >= 0.6 is 11.6 Å². The molecular formula is C16H22ClFN2O3. The lowest BCUT2D eigenvalue weighted by Gasteiger charge is -2.24. The zero-order chi connectivity index (χ0) is 17.0. The quantitative estimate of drug-likeness (QED) is 0.863. The molecule has 1 aromatic rings. The van der Waals surface area contributed by atoms with Gasteiger partial charge in [0.1, 0.15) is 11.9 Å². The van der Waals surface area contributed by atoms with E-state index in [1.165, 1.54) is 17.0 Å². The van der Waals surface area contributed by atoms with Gasteiger partial charge in [0.15, 0.2) is 0 Å². The predicted molar refractivity (Wildman–Crippen MR) is 86.0 cm³/mol. The summed E-state index contributed by atoms with van der Waals surface area (Å²) in [4.78, 5) is 13.7. The van der Waals surface area contributed by atoms with Gasteiger partial charge in [-0.2, -0.15) is 0 Å². The maximum absolute atomic E-state index is 13.6. The second-order valence-corrected chi connectivity index (χ2v) is 6.28. The summed E-state index contributed by atoms with van der Waals surface area (Å²) in [7, 11) is 1.67. The van der Waals surface area contributed by atoms with Crippen molar-refractivity contribution in [2.75, 3.05) is 20.2 Å². The molecule has 2 rings (SSSR count). The van der Waals surface area contributed by atoms with E-state index in [1.807, 2.05) is 0 Å². The molecule has 23 heavy (non-hydrogen) atoms. The average molecular weight is 345 g/mol. The number of nitrogens with one attached hydrogen (secondary N) is 1. The second-order valence-electron chi connectivity index (χ2n) is 5.87. The number of urea groups is 1. The molecule has 5 nitrogen and oxygen atoms in total. The Hall–Kier alpha value is -1.37. The average Bonchev–Trinajstić information content (AvgIpc) is 2.95. The molecule has 1 fully saturated rings. The van der Waals surface area contributed by atoms with Gasteiger partial charge in [0, 0.05) is 20.2 Å². The Morgan fingerprint density at radius 1 is 1.61 bits per heavy atom. The third kappa shape index (κ3) is 4.80. The molecule has 0 aromatic heterocycles. The fourth-order valence-corrected chi connectivity index (χ4v) is 2.62. The third-order valence-electron chi connectivity index (χ3n) is 3.90. The normalized spacial score (nSPS) is 22.0. The number of ether oxygens (including phenoxy) is 1. The monoisotopic (exact) mass is 344 g/mol. The fraction of sp³-hybridized carbons (Fsp3) is 0.562. The van der Waals surface area contributed by atoms with Gasteiger partial charge in [-0.05, 0) is 37.5 Å². The molecule has 1 heterocycles. The fourth-order valence-electron chi connectivity index (χ4n) is 2.51. The van der Waals surface area contributed by atoms with Gasteiger partial charge >= 0.3 is 6.03 Å². The Labute approximate surface area is 140 Å². The number of hydrogen-bond donors (Lipinski definition) is 2.